The maximum Gasteiger partial charge on any atom is 0.469 e. The van der Waals surface area contributed by atoms with Crippen molar-refractivity contribution in [1.82, 2.24) is 9.55 Å². The number of hydrogen-bond acceptors (Lipinski definition) is 6. The van der Waals surface area contributed by atoms with E-state index in [-0.39, 0.29) is 0 Å². The first-order valence-electron chi connectivity index (χ1n) is 7.33. The monoisotopic (exact) mass is 358 g/mol. The molecule has 24 heavy (non-hydrogen) atoms. The molecule has 1 unspecified atom stereocenters. The van der Waals surface area contributed by atoms with Gasteiger partial charge in [-0.25, -0.2) is 9.55 Å². The summed E-state index contributed by atoms with van der Waals surface area (Å²) in [5, 5.41) is 20.3. The molecule has 2 aromatic rings. The van der Waals surface area contributed by atoms with Gasteiger partial charge in [-0.15, -0.1) is 0 Å². The topological polar surface area (TPSA) is 134 Å². The fraction of sp³-hybridized carbons (Fsp3) is 0.500. The number of phosphoric ester groups is 1. The second-order valence-corrected chi connectivity index (χ2v) is 7.15. The van der Waals surface area contributed by atoms with Crippen LogP contribution in [0, 0.1) is 13.8 Å². The maximum absolute atomic E-state index is 10.8. The minimum Gasteiger partial charge on any atom is -0.387 e. The Balaban J connectivity index is 1.87. The van der Waals surface area contributed by atoms with E-state index in [1.807, 2.05) is 26.0 Å². The van der Waals surface area contributed by atoms with Crippen molar-refractivity contribution in [2.24, 2.45) is 0 Å². The van der Waals surface area contributed by atoms with E-state index >= 15 is 0 Å². The molecule has 1 aromatic carbocycles. The molecule has 4 N–H and O–H groups in total. The Morgan fingerprint density at radius 3 is 2.58 bits per heavy atom. The minimum atomic E-state index is -4.69. The lowest BCUT2D eigenvalue weighted by molar-refractivity contribution is -0.0501. The third-order valence-corrected chi connectivity index (χ3v) is 4.69. The van der Waals surface area contributed by atoms with Crippen LogP contribution in [-0.4, -0.2) is 54.5 Å². The molecule has 1 aliphatic heterocycles. The Kier molecular flexibility index (Phi) is 4.52. The normalized spacial score (nSPS) is 27.9. The molecule has 0 spiro atoms. The van der Waals surface area contributed by atoms with Crippen molar-refractivity contribution in [2.45, 2.75) is 38.4 Å². The third-order valence-electron chi connectivity index (χ3n) is 4.21. The summed E-state index contributed by atoms with van der Waals surface area (Å²) in [5.41, 5.74) is 3.57. The average Bonchev–Trinajstić information content (AvgIpc) is 3.00. The van der Waals surface area contributed by atoms with Gasteiger partial charge in [-0.05, 0) is 37.1 Å². The summed E-state index contributed by atoms with van der Waals surface area (Å²) >= 11 is 0. The Labute approximate surface area is 137 Å². The highest BCUT2D eigenvalue weighted by Crippen LogP contribution is 2.39. The average molecular weight is 358 g/mol. The maximum atomic E-state index is 10.8. The highest BCUT2D eigenvalue weighted by Gasteiger charge is 2.44. The van der Waals surface area contributed by atoms with Gasteiger partial charge in [-0.1, -0.05) is 0 Å². The van der Waals surface area contributed by atoms with E-state index in [1.54, 1.807) is 4.57 Å². The van der Waals surface area contributed by atoms with Crippen molar-refractivity contribution in [3.05, 3.63) is 29.6 Å². The van der Waals surface area contributed by atoms with Crippen LogP contribution in [0.2, 0.25) is 0 Å². The number of aryl methyl sites for hydroxylation is 2. The Morgan fingerprint density at radius 1 is 1.25 bits per heavy atom. The van der Waals surface area contributed by atoms with Crippen LogP contribution in [0.25, 0.3) is 11.0 Å². The first kappa shape index (κ1) is 17.5. The molecule has 4 atom stereocenters. The number of aliphatic hydroxyl groups excluding tert-OH is 2. The predicted molar refractivity (Wildman–Crippen MR) is 83.1 cm³/mol. The van der Waals surface area contributed by atoms with E-state index in [0.717, 1.165) is 22.2 Å². The molecule has 10 heteroatoms. The Bertz CT molecular complexity index is 802. The fourth-order valence-corrected chi connectivity index (χ4v) is 3.09. The first-order valence-corrected chi connectivity index (χ1v) is 8.86. The second-order valence-electron chi connectivity index (χ2n) is 5.91. The molecule has 0 radical (unpaired) electrons. The van der Waals surface area contributed by atoms with Crippen molar-refractivity contribution in [1.29, 1.82) is 0 Å². The molecule has 2 heterocycles. The predicted octanol–water partition coefficient (Wildman–Crippen LogP) is 0.382. The van der Waals surface area contributed by atoms with Crippen LogP contribution < -0.4 is 0 Å². The lowest BCUT2D eigenvalue weighted by Crippen LogP contribution is -2.33. The smallest absolute Gasteiger partial charge is 0.387 e. The van der Waals surface area contributed by atoms with Gasteiger partial charge in [0.2, 0.25) is 0 Å². The number of phosphoric acid groups is 1. The summed E-state index contributed by atoms with van der Waals surface area (Å²) in [6.45, 7) is 3.38. The quantitative estimate of drug-likeness (QED) is 0.577. The van der Waals surface area contributed by atoms with E-state index in [4.69, 9.17) is 14.5 Å². The molecular weight excluding hydrogens is 339 g/mol. The van der Waals surface area contributed by atoms with Gasteiger partial charge < -0.3 is 29.3 Å². The van der Waals surface area contributed by atoms with Crippen LogP contribution in [0.5, 0.6) is 0 Å². The van der Waals surface area contributed by atoms with Crippen molar-refractivity contribution >= 4 is 18.9 Å². The van der Waals surface area contributed by atoms with Gasteiger partial charge in [0.1, 0.15) is 18.3 Å². The number of nitrogens with zero attached hydrogens (tertiary/aromatic N) is 2. The van der Waals surface area contributed by atoms with Gasteiger partial charge >= 0.3 is 7.82 Å². The van der Waals surface area contributed by atoms with Gasteiger partial charge in [0.25, 0.3) is 0 Å². The number of rotatable bonds is 4. The number of ether oxygens (including phenoxy) is 1. The zero-order valence-electron chi connectivity index (χ0n) is 13.1. The number of aliphatic hydroxyl groups is 2. The highest BCUT2D eigenvalue weighted by molar-refractivity contribution is 7.46. The zero-order chi connectivity index (χ0) is 17.6. The van der Waals surface area contributed by atoms with Crippen molar-refractivity contribution in [3.8, 4) is 0 Å². The standard InChI is InChI=1S/C14H19N2O7P/c1-7-3-9-10(4-8(7)2)16(6-15-9)14-13(18)12(17)11(23-14)5-22-24(19,20)21/h3-4,6,11-14,17-18H,5H2,1-2H3,(H2,19,20,21)/t11-,12-,13-,14?/m1/s1. The number of aromatic nitrogens is 2. The summed E-state index contributed by atoms with van der Waals surface area (Å²) in [6, 6.07) is 3.81. The molecule has 1 aromatic heterocycles. The van der Waals surface area contributed by atoms with Gasteiger partial charge in [-0.3, -0.25) is 4.52 Å². The Hall–Kier alpha value is -1.32. The third kappa shape index (κ3) is 3.25. The lowest BCUT2D eigenvalue weighted by atomic mass is 10.1. The van der Waals surface area contributed by atoms with Gasteiger partial charge in [0.15, 0.2) is 6.23 Å². The van der Waals surface area contributed by atoms with Crippen LogP contribution in [0.1, 0.15) is 17.4 Å². The number of hydrogen-bond donors (Lipinski definition) is 4. The largest absolute Gasteiger partial charge is 0.469 e. The number of imidazole rings is 1. The molecule has 1 fully saturated rings. The molecule has 3 rings (SSSR count). The lowest BCUT2D eigenvalue weighted by Gasteiger charge is -2.17. The van der Waals surface area contributed by atoms with Crippen molar-refractivity contribution in [3.63, 3.8) is 0 Å². The van der Waals surface area contributed by atoms with E-state index in [2.05, 4.69) is 9.51 Å². The first-order chi connectivity index (χ1) is 11.2. The second kappa shape index (κ2) is 6.20. The van der Waals surface area contributed by atoms with Crippen LogP contribution in [0.15, 0.2) is 18.5 Å². The molecule has 9 nitrogen and oxygen atoms in total. The van der Waals surface area contributed by atoms with E-state index in [1.165, 1.54) is 6.33 Å². The molecule has 0 bridgehead atoms. The minimum absolute atomic E-state index is 0.538. The van der Waals surface area contributed by atoms with Crippen LogP contribution >= 0.6 is 7.82 Å². The molecule has 0 amide bonds. The molecule has 0 saturated carbocycles. The Morgan fingerprint density at radius 2 is 1.92 bits per heavy atom. The summed E-state index contributed by atoms with van der Waals surface area (Å²) in [6.07, 6.45) is -3.13. The number of benzene rings is 1. The molecule has 0 aliphatic carbocycles. The van der Waals surface area contributed by atoms with Crippen LogP contribution in [0.3, 0.4) is 0 Å². The number of fused-ring (bicyclic) bond motifs is 1. The van der Waals surface area contributed by atoms with Crippen LogP contribution in [0.4, 0.5) is 0 Å². The summed E-state index contributed by atoms with van der Waals surface area (Å²) in [5.74, 6) is 0. The molecule has 1 saturated heterocycles. The van der Waals surface area contributed by atoms with Gasteiger partial charge in [0, 0.05) is 0 Å². The van der Waals surface area contributed by atoms with Gasteiger partial charge in [0.05, 0.1) is 24.0 Å². The molecule has 1 aliphatic rings. The highest BCUT2D eigenvalue weighted by atomic mass is 31.2. The van der Waals surface area contributed by atoms with E-state index < -0.39 is 39.0 Å². The summed E-state index contributed by atoms with van der Waals surface area (Å²) in [7, 11) is -4.69. The fourth-order valence-electron chi connectivity index (χ4n) is 2.75. The summed E-state index contributed by atoms with van der Waals surface area (Å²) < 4.78 is 22.3. The van der Waals surface area contributed by atoms with E-state index in [9.17, 15) is 14.8 Å². The van der Waals surface area contributed by atoms with E-state index in [0.29, 0.717) is 0 Å². The van der Waals surface area contributed by atoms with Crippen molar-refractivity contribution in [2.75, 3.05) is 6.61 Å². The molecular formula is C14H19N2O7P. The zero-order valence-corrected chi connectivity index (χ0v) is 14.0. The van der Waals surface area contributed by atoms with Crippen LogP contribution in [-0.2, 0) is 13.8 Å². The van der Waals surface area contributed by atoms with Gasteiger partial charge in [-0.2, -0.15) is 0 Å². The van der Waals surface area contributed by atoms with Crippen molar-refractivity contribution < 1.29 is 33.8 Å². The SMILES string of the molecule is Cc1cc2ncn(C3O[C@H](COP(=O)(O)O)[C@@H](O)[C@H]3O)c2cc1C. The summed E-state index contributed by atoms with van der Waals surface area (Å²) in [4.78, 5) is 21.8. The molecule has 132 valence electrons.